The third kappa shape index (κ3) is 4.47. The van der Waals surface area contributed by atoms with Gasteiger partial charge in [-0.2, -0.15) is 4.98 Å². The molecule has 1 amide bonds. The minimum atomic E-state index is -0.536. The molecular weight excluding hydrogens is 310 g/mol. The second-order valence-electron chi connectivity index (χ2n) is 6.41. The van der Waals surface area contributed by atoms with Crippen LogP contribution in [0.5, 0.6) is 0 Å². The van der Waals surface area contributed by atoms with Gasteiger partial charge in [0.2, 0.25) is 0 Å². The summed E-state index contributed by atoms with van der Waals surface area (Å²) in [6.45, 7) is 9.85. The highest BCUT2D eigenvalue weighted by atomic mass is 16.5. The highest BCUT2D eigenvalue weighted by Crippen LogP contribution is 2.21. The first kappa shape index (κ1) is 17.8. The van der Waals surface area contributed by atoms with E-state index < -0.39 is 11.7 Å². The molecule has 0 bridgehead atoms. The average Bonchev–Trinajstić information content (AvgIpc) is 2.43. The Bertz CT molecular complexity index is 796. The molecule has 1 aromatic carbocycles. The van der Waals surface area contributed by atoms with Crippen molar-refractivity contribution in [2.24, 2.45) is 5.92 Å². The number of carbonyl (C=O) groups excluding carboxylic acids is 1. The number of benzene rings is 1. The van der Waals surface area contributed by atoms with Crippen LogP contribution in [0.2, 0.25) is 0 Å². The minimum absolute atomic E-state index is 0.0755. The van der Waals surface area contributed by atoms with Gasteiger partial charge in [-0.15, -0.1) is 0 Å². The van der Waals surface area contributed by atoms with Gasteiger partial charge in [-0.25, -0.2) is 9.59 Å². The molecule has 0 saturated carbocycles. The number of amides is 1. The number of nitrogens with one attached hydrogen (secondary N) is 2. The number of hydrogen-bond acceptors (Lipinski definition) is 6. The third-order valence-electron chi connectivity index (χ3n) is 3.14. The summed E-state index contributed by atoms with van der Waals surface area (Å²) in [7, 11) is 0. The Kier molecular flexibility index (Phi) is 5.43. The van der Waals surface area contributed by atoms with Crippen LogP contribution >= 0.6 is 0 Å². The molecule has 2 aromatic rings. The SMILES string of the molecule is Cc1cc(NC(=O)OCC(C)C)cc2nc(NC(C)C)oc(=O)c12. The first-order valence-corrected chi connectivity index (χ1v) is 7.92. The summed E-state index contributed by atoms with van der Waals surface area (Å²) in [5, 5.41) is 6.01. The van der Waals surface area contributed by atoms with E-state index in [1.165, 1.54) is 0 Å². The first-order valence-electron chi connectivity index (χ1n) is 7.92. The Hall–Kier alpha value is -2.57. The molecule has 24 heavy (non-hydrogen) atoms. The first-order chi connectivity index (χ1) is 11.3. The molecule has 7 heteroatoms. The zero-order valence-electron chi connectivity index (χ0n) is 14.6. The number of ether oxygens (including phenoxy) is 1. The lowest BCUT2D eigenvalue weighted by Gasteiger charge is -2.11. The van der Waals surface area contributed by atoms with Crippen LogP contribution in [0.3, 0.4) is 0 Å². The Labute approximate surface area is 140 Å². The summed E-state index contributed by atoms with van der Waals surface area (Å²) in [6, 6.07) is 3.54. The molecule has 0 saturated heterocycles. The molecule has 0 radical (unpaired) electrons. The predicted octanol–water partition coefficient (Wildman–Crippen LogP) is 3.52. The number of rotatable bonds is 5. The minimum Gasteiger partial charge on any atom is -0.449 e. The van der Waals surface area contributed by atoms with Crippen molar-refractivity contribution in [3.8, 4) is 0 Å². The van der Waals surface area contributed by atoms with Crippen molar-refractivity contribution in [1.29, 1.82) is 0 Å². The van der Waals surface area contributed by atoms with Crippen LogP contribution in [0.25, 0.3) is 10.9 Å². The number of aromatic nitrogens is 1. The summed E-state index contributed by atoms with van der Waals surface area (Å²) >= 11 is 0. The summed E-state index contributed by atoms with van der Waals surface area (Å²) in [4.78, 5) is 28.3. The summed E-state index contributed by atoms with van der Waals surface area (Å²) < 4.78 is 10.3. The van der Waals surface area contributed by atoms with Crippen LogP contribution in [-0.4, -0.2) is 23.7 Å². The lowest BCUT2D eigenvalue weighted by molar-refractivity contribution is 0.147. The standard InChI is InChI=1S/C17H23N3O4/c1-9(2)8-23-17(22)19-12-6-11(5)14-13(7-12)20-16(18-10(3)4)24-15(14)21/h6-7,9-10H,8H2,1-5H3,(H,18,20)(H,19,22). The average molecular weight is 333 g/mol. The lowest BCUT2D eigenvalue weighted by atomic mass is 10.1. The predicted molar refractivity (Wildman–Crippen MR) is 93.6 cm³/mol. The van der Waals surface area contributed by atoms with Crippen molar-refractivity contribution in [2.45, 2.75) is 40.7 Å². The van der Waals surface area contributed by atoms with Crippen molar-refractivity contribution in [3.63, 3.8) is 0 Å². The highest BCUT2D eigenvalue weighted by Gasteiger charge is 2.13. The largest absolute Gasteiger partial charge is 0.449 e. The van der Waals surface area contributed by atoms with Crippen molar-refractivity contribution >= 4 is 28.7 Å². The van der Waals surface area contributed by atoms with E-state index in [-0.39, 0.29) is 18.0 Å². The molecular formula is C17H23N3O4. The van der Waals surface area contributed by atoms with Gasteiger partial charge >= 0.3 is 11.7 Å². The number of anilines is 2. The molecule has 0 aliphatic heterocycles. The van der Waals surface area contributed by atoms with Gasteiger partial charge in [0.05, 0.1) is 17.5 Å². The van der Waals surface area contributed by atoms with E-state index in [0.717, 1.165) is 0 Å². The molecule has 0 spiro atoms. The fourth-order valence-electron chi connectivity index (χ4n) is 2.17. The molecule has 7 nitrogen and oxygen atoms in total. The van der Waals surface area contributed by atoms with E-state index in [0.29, 0.717) is 28.8 Å². The van der Waals surface area contributed by atoms with Crippen molar-refractivity contribution in [3.05, 3.63) is 28.1 Å². The third-order valence-corrected chi connectivity index (χ3v) is 3.14. The van der Waals surface area contributed by atoms with Gasteiger partial charge in [-0.05, 0) is 44.4 Å². The molecule has 0 unspecified atom stereocenters. The van der Waals surface area contributed by atoms with Gasteiger partial charge in [-0.3, -0.25) is 5.32 Å². The molecule has 2 N–H and O–H groups in total. The Morgan fingerprint density at radius 3 is 2.62 bits per heavy atom. The molecule has 0 atom stereocenters. The second kappa shape index (κ2) is 7.33. The van der Waals surface area contributed by atoms with E-state index in [4.69, 9.17) is 9.15 Å². The van der Waals surface area contributed by atoms with Gasteiger partial charge in [0.1, 0.15) is 0 Å². The molecule has 2 rings (SSSR count). The van der Waals surface area contributed by atoms with Gasteiger partial charge in [0.25, 0.3) is 6.01 Å². The summed E-state index contributed by atoms with van der Waals surface area (Å²) in [5.41, 5.74) is 1.18. The molecule has 0 aliphatic carbocycles. The van der Waals surface area contributed by atoms with Gasteiger partial charge in [0, 0.05) is 11.7 Å². The number of aryl methyl sites for hydroxylation is 1. The number of fused-ring (bicyclic) bond motifs is 1. The van der Waals surface area contributed by atoms with Crippen molar-refractivity contribution in [1.82, 2.24) is 4.98 Å². The fraction of sp³-hybridized carbons (Fsp3) is 0.471. The van der Waals surface area contributed by atoms with Crippen LogP contribution in [-0.2, 0) is 4.74 Å². The van der Waals surface area contributed by atoms with Crippen LogP contribution < -0.4 is 16.3 Å². The van der Waals surface area contributed by atoms with E-state index in [9.17, 15) is 9.59 Å². The molecule has 1 heterocycles. The normalized spacial score (nSPS) is 11.1. The van der Waals surface area contributed by atoms with E-state index >= 15 is 0 Å². The topological polar surface area (TPSA) is 93.5 Å². The Morgan fingerprint density at radius 1 is 1.29 bits per heavy atom. The van der Waals surface area contributed by atoms with Crippen molar-refractivity contribution < 1.29 is 13.9 Å². The van der Waals surface area contributed by atoms with Gasteiger partial charge < -0.3 is 14.5 Å². The van der Waals surface area contributed by atoms with Gasteiger partial charge in [0.15, 0.2) is 0 Å². The Balaban J connectivity index is 2.33. The molecule has 0 aliphatic rings. The maximum atomic E-state index is 12.2. The van der Waals surface area contributed by atoms with Crippen LogP contribution in [0, 0.1) is 12.8 Å². The van der Waals surface area contributed by atoms with E-state index in [1.54, 1.807) is 19.1 Å². The molecule has 130 valence electrons. The number of nitrogens with zero attached hydrogens (tertiary/aromatic N) is 1. The zero-order valence-corrected chi connectivity index (χ0v) is 14.6. The van der Waals surface area contributed by atoms with Crippen LogP contribution in [0.4, 0.5) is 16.5 Å². The smallest absolute Gasteiger partial charge is 0.411 e. The Morgan fingerprint density at radius 2 is 2.00 bits per heavy atom. The van der Waals surface area contributed by atoms with E-state index in [1.807, 2.05) is 27.7 Å². The van der Waals surface area contributed by atoms with E-state index in [2.05, 4.69) is 15.6 Å². The zero-order chi connectivity index (χ0) is 17.9. The molecule has 0 fully saturated rings. The molecule has 1 aromatic heterocycles. The van der Waals surface area contributed by atoms with Gasteiger partial charge in [-0.1, -0.05) is 13.8 Å². The van der Waals surface area contributed by atoms with Crippen LogP contribution in [0.15, 0.2) is 21.3 Å². The van der Waals surface area contributed by atoms with Crippen molar-refractivity contribution in [2.75, 3.05) is 17.2 Å². The second-order valence-corrected chi connectivity index (χ2v) is 6.41. The number of carbonyl (C=O) groups is 1. The maximum Gasteiger partial charge on any atom is 0.411 e. The maximum absolute atomic E-state index is 12.2. The summed E-state index contributed by atoms with van der Waals surface area (Å²) in [6.07, 6.45) is -0.536. The van der Waals surface area contributed by atoms with Crippen LogP contribution in [0.1, 0.15) is 33.3 Å². The lowest BCUT2D eigenvalue weighted by Crippen LogP contribution is -2.17. The monoisotopic (exact) mass is 333 g/mol. The number of hydrogen-bond donors (Lipinski definition) is 2. The summed E-state index contributed by atoms with van der Waals surface area (Å²) in [5.74, 6) is 0.255. The highest BCUT2D eigenvalue weighted by molar-refractivity contribution is 5.91. The fourth-order valence-corrected chi connectivity index (χ4v) is 2.17. The quantitative estimate of drug-likeness (QED) is 0.869.